The first-order valence-corrected chi connectivity index (χ1v) is 10.1. The monoisotopic (exact) mass is 396 g/mol. The highest BCUT2D eigenvalue weighted by molar-refractivity contribution is 6.04. The molecule has 6 nitrogen and oxygen atoms in total. The minimum atomic E-state index is -0.307. The van der Waals surface area contributed by atoms with Gasteiger partial charge in [-0.15, -0.1) is 0 Å². The lowest BCUT2D eigenvalue weighted by atomic mass is 9.99. The number of anilines is 1. The van der Waals surface area contributed by atoms with Crippen LogP contribution >= 0.6 is 0 Å². The molecular formula is C23H28N2O4. The molecule has 3 rings (SSSR count). The molecule has 2 amide bonds. The Morgan fingerprint density at radius 2 is 1.79 bits per heavy atom. The number of carbonyl (C=O) groups is 2. The highest BCUT2D eigenvalue weighted by atomic mass is 16.5. The molecule has 2 aromatic carbocycles. The summed E-state index contributed by atoms with van der Waals surface area (Å²) in [7, 11) is 0. The van der Waals surface area contributed by atoms with Crippen LogP contribution in [0, 0.1) is 0 Å². The van der Waals surface area contributed by atoms with Crippen molar-refractivity contribution in [3.8, 4) is 5.75 Å². The molecule has 0 saturated carbocycles. The van der Waals surface area contributed by atoms with Gasteiger partial charge >= 0.3 is 0 Å². The van der Waals surface area contributed by atoms with Crippen LogP contribution in [0.3, 0.4) is 0 Å². The van der Waals surface area contributed by atoms with Gasteiger partial charge in [0.05, 0.1) is 24.5 Å². The van der Waals surface area contributed by atoms with E-state index in [-0.39, 0.29) is 18.4 Å². The lowest BCUT2D eigenvalue weighted by Crippen LogP contribution is -2.41. The van der Waals surface area contributed by atoms with E-state index in [0.717, 1.165) is 6.42 Å². The van der Waals surface area contributed by atoms with E-state index in [9.17, 15) is 9.59 Å². The fourth-order valence-electron chi connectivity index (χ4n) is 3.18. The number of hydrogen-bond donors (Lipinski definition) is 1. The van der Waals surface area contributed by atoms with Gasteiger partial charge in [-0.05, 0) is 42.2 Å². The molecule has 1 N–H and O–H groups in total. The standard InChI is InChI=1S/C23H28N2O4/c1-3-17(2)18-8-10-19(11-9-18)29-16-22(26)24-21-7-5-4-6-20(21)23(27)25-12-14-28-15-13-25/h4-11,17H,3,12-16H2,1-2H3,(H,24,26)/t17-/m1/s1. The van der Waals surface area contributed by atoms with Crippen molar-refractivity contribution in [2.45, 2.75) is 26.2 Å². The number of benzene rings is 2. The number of hydrogen-bond acceptors (Lipinski definition) is 4. The average Bonchev–Trinajstić information content (AvgIpc) is 2.78. The van der Waals surface area contributed by atoms with E-state index in [0.29, 0.717) is 49.2 Å². The number of carbonyl (C=O) groups excluding carboxylic acids is 2. The molecule has 1 saturated heterocycles. The van der Waals surface area contributed by atoms with E-state index in [4.69, 9.17) is 9.47 Å². The van der Waals surface area contributed by atoms with Crippen molar-refractivity contribution in [1.29, 1.82) is 0 Å². The maximum absolute atomic E-state index is 12.8. The van der Waals surface area contributed by atoms with Gasteiger partial charge in [-0.2, -0.15) is 0 Å². The summed E-state index contributed by atoms with van der Waals surface area (Å²) in [5.74, 6) is 0.724. The molecule has 2 aromatic rings. The van der Waals surface area contributed by atoms with Crippen molar-refractivity contribution in [3.63, 3.8) is 0 Å². The second kappa shape index (κ2) is 10.1. The van der Waals surface area contributed by atoms with E-state index in [2.05, 4.69) is 19.2 Å². The largest absolute Gasteiger partial charge is 0.484 e. The summed E-state index contributed by atoms with van der Waals surface area (Å²) in [6, 6.07) is 14.8. The smallest absolute Gasteiger partial charge is 0.262 e. The van der Waals surface area contributed by atoms with Crippen molar-refractivity contribution in [3.05, 3.63) is 59.7 Å². The zero-order valence-electron chi connectivity index (χ0n) is 17.0. The minimum absolute atomic E-state index is 0.106. The number of rotatable bonds is 7. The number of ether oxygens (including phenoxy) is 2. The molecular weight excluding hydrogens is 368 g/mol. The van der Waals surface area contributed by atoms with Gasteiger partial charge in [0.25, 0.3) is 11.8 Å². The molecule has 29 heavy (non-hydrogen) atoms. The highest BCUT2D eigenvalue weighted by Gasteiger charge is 2.21. The van der Waals surface area contributed by atoms with Crippen molar-refractivity contribution in [1.82, 2.24) is 4.90 Å². The number of para-hydroxylation sites is 1. The lowest BCUT2D eigenvalue weighted by Gasteiger charge is -2.27. The summed E-state index contributed by atoms with van der Waals surface area (Å²) < 4.78 is 10.9. The van der Waals surface area contributed by atoms with E-state index < -0.39 is 0 Å². The van der Waals surface area contributed by atoms with Crippen LogP contribution in [-0.2, 0) is 9.53 Å². The van der Waals surface area contributed by atoms with Crippen LogP contribution in [0.2, 0.25) is 0 Å². The number of morpholine rings is 1. The molecule has 0 aliphatic carbocycles. The SMILES string of the molecule is CC[C@@H](C)c1ccc(OCC(=O)Nc2ccccc2C(=O)N2CCOCC2)cc1. The second-order valence-corrected chi connectivity index (χ2v) is 7.17. The Labute approximate surface area is 171 Å². The Bertz CT molecular complexity index is 829. The van der Waals surface area contributed by atoms with E-state index in [1.165, 1.54) is 5.56 Å². The van der Waals surface area contributed by atoms with E-state index in [1.54, 1.807) is 29.2 Å². The Kier molecular flexibility index (Phi) is 7.25. The predicted molar refractivity (Wildman–Crippen MR) is 112 cm³/mol. The molecule has 1 atom stereocenters. The van der Waals surface area contributed by atoms with Crippen LogP contribution in [0.25, 0.3) is 0 Å². The normalized spacial score (nSPS) is 14.9. The van der Waals surface area contributed by atoms with Crippen molar-refractivity contribution in [2.24, 2.45) is 0 Å². The third kappa shape index (κ3) is 5.57. The molecule has 6 heteroatoms. The average molecular weight is 396 g/mol. The second-order valence-electron chi connectivity index (χ2n) is 7.17. The van der Waals surface area contributed by atoms with Gasteiger partial charge in [0.1, 0.15) is 5.75 Å². The number of nitrogens with zero attached hydrogens (tertiary/aromatic N) is 1. The first-order valence-electron chi connectivity index (χ1n) is 10.1. The molecule has 0 spiro atoms. The Balaban J connectivity index is 1.58. The molecule has 1 aliphatic rings. The molecule has 1 aliphatic heterocycles. The molecule has 1 fully saturated rings. The lowest BCUT2D eigenvalue weighted by molar-refractivity contribution is -0.118. The number of amides is 2. The van der Waals surface area contributed by atoms with Gasteiger partial charge in [0.2, 0.25) is 0 Å². The van der Waals surface area contributed by atoms with E-state index in [1.807, 2.05) is 24.3 Å². The Morgan fingerprint density at radius 1 is 1.10 bits per heavy atom. The Morgan fingerprint density at radius 3 is 2.48 bits per heavy atom. The zero-order chi connectivity index (χ0) is 20.6. The molecule has 1 heterocycles. The van der Waals surface area contributed by atoms with Crippen molar-refractivity contribution >= 4 is 17.5 Å². The summed E-state index contributed by atoms with van der Waals surface area (Å²) in [6.07, 6.45) is 1.07. The van der Waals surface area contributed by atoms with Crippen LogP contribution < -0.4 is 10.1 Å². The van der Waals surface area contributed by atoms with Crippen LogP contribution in [0.15, 0.2) is 48.5 Å². The third-order valence-corrected chi connectivity index (χ3v) is 5.16. The van der Waals surface area contributed by atoms with Crippen LogP contribution in [0.5, 0.6) is 5.75 Å². The summed E-state index contributed by atoms with van der Waals surface area (Å²) in [4.78, 5) is 26.9. The van der Waals surface area contributed by atoms with Crippen LogP contribution in [0.4, 0.5) is 5.69 Å². The quantitative estimate of drug-likeness (QED) is 0.775. The maximum Gasteiger partial charge on any atom is 0.262 e. The van der Waals surface area contributed by atoms with Crippen LogP contribution in [-0.4, -0.2) is 49.6 Å². The first-order chi connectivity index (χ1) is 14.1. The summed E-state index contributed by atoms with van der Waals surface area (Å²) >= 11 is 0. The maximum atomic E-state index is 12.8. The summed E-state index contributed by atoms with van der Waals surface area (Å²) in [6.45, 7) is 6.38. The van der Waals surface area contributed by atoms with Gasteiger partial charge in [0.15, 0.2) is 6.61 Å². The highest BCUT2D eigenvalue weighted by Crippen LogP contribution is 2.22. The third-order valence-electron chi connectivity index (χ3n) is 5.16. The fraction of sp³-hybridized carbons (Fsp3) is 0.391. The first kappa shape index (κ1) is 20.9. The fourth-order valence-corrected chi connectivity index (χ4v) is 3.18. The van der Waals surface area contributed by atoms with E-state index >= 15 is 0 Å². The zero-order valence-corrected chi connectivity index (χ0v) is 17.0. The topological polar surface area (TPSA) is 67.9 Å². The van der Waals surface area contributed by atoms with Gasteiger partial charge in [-0.25, -0.2) is 0 Å². The minimum Gasteiger partial charge on any atom is -0.484 e. The van der Waals surface area contributed by atoms with Gasteiger partial charge in [-0.1, -0.05) is 38.1 Å². The molecule has 0 aromatic heterocycles. The molecule has 0 radical (unpaired) electrons. The van der Waals surface area contributed by atoms with Crippen molar-refractivity contribution in [2.75, 3.05) is 38.2 Å². The molecule has 154 valence electrons. The summed E-state index contributed by atoms with van der Waals surface area (Å²) in [5.41, 5.74) is 2.21. The van der Waals surface area contributed by atoms with Crippen LogP contribution in [0.1, 0.15) is 42.1 Å². The summed E-state index contributed by atoms with van der Waals surface area (Å²) in [5, 5.41) is 2.80. The molecule has 0 unspecified atom stereocenters. The van der Waals surface area contributed by atoms with Gasteiger partial charge < -0.3 is 19.7 Å². The molecule has 0 bridgehead atoms. The van der Waals surface area contributed by atoms with Crippen molar-refractivity contribution < 1.29 is 19.1 Å². The predicted octanol–water partition coefficient (Wildman–Crippen LogP) is 3.69. The van der Waals surface area contributed by atoms with Gasteiger partial charge in [-0.3, -0.25) is 9.59 Å². The van der Waals surface area contributed by atoms with Gasteiger partial charge in [0, 0.05) is 13.1 Å². The Hall–Kier alpha value is -2.86. The number of nitrogens with one attached hydrogen (secondary N) is 1.